The Morgan fingerprint density at radius 2 is 2.19 bits per heavy atom. The van der Waals surface area contributed by atoms with E-state index in [0.717, 1.165) is 18.4 Å². The van der Waals surface area contributed by atoms with Gasteiger partial charge in [-0.15, -0.1) is 0 Å². The summed E-state index contributed by atoms with van der Waals surface area (Å²) in [6.07, 6.45) is 2.08. The Kier molecular flexibility index (Phi) is 5.87. The number of rotatable bonds is 6. The second kappa shape index (κ2) is 7.24. The summed E-state index contributed by atoms with van der Waals surface area (Å²) >= 11 is 3.26. The van der Waals surface area contributed by atoms with E-state index in [9.17, 15) is 4.39 Å². The molecule has 86 valence electrons. The number of hydrogen-bond donors (Lipinski definition) is 0. The summed E-state index contributed by atoms with van der Waals surface area (Å²) in [6.45, 7) is 0.451. The fourth-order valence-corrected chi connectivity index (χ4v) is 1.58. The summed E-state index contributed by atoms with van der Waals surface area (Å²) in [5.74, 6) is -0.0566. The summed E-state index contributed by atoms with van der Waals surface area (Å²) in [5.41, 5.74) is 0.884. The molecule has 4 heteroatoms. The van der Waals surface area contributed by atoms with Gasteiger partial charge >= 0.3 is 0 Å². The Morgan fingerprint density at radius 1 is 1.38 bits per heavy atom. The molecule has 1 aromatic carbocycles. The van der Waals surface area contributed by atoms with E-state index in [0.29, 0.717) is 18.4 Å². The lowest BCUT2D eigenvalue weighted by Gasteiger charge is -2.07. The molecule has 0 aromatic heterocycles. The van der Waals surface area contributed by atoms with Crippen molar-refractivity contribution < 1.29 is 9.13 Å². The van der Waals surface area contributed by atoms with Crippen LogP contribution < -0.4 is 4.74 Å². The van der Waals surface area contributed by atoms with Crippen molar-refractivity contribution in [1.82, 2.24) is 0 Å². The number of nitriles is 1. The highest BCUT2D eigenvalue weighted by Crippen LogP contribution is 2.19. The molecule has 0 saturated carbocycles. The largest absolute Gasteiger partial charge is 0.491 e. The molecule has 1 rings (SSSR count). The first-order valence-corrected chi connectivity index (χ1v) is 6.24. The maximum atomic E-state index is 13.4. The summed E-state index contributed by atoms with van der Waals surface area (Å²) in [6, 6.07) is 6.97. The summed E-state index contributed by atoms with van der Waals surface area (Å²) < 4.78 is 18.7. The smallest absolute Gasteiger partial charge is 0.165 e. The minimum Gasteiger partial charge on any atom is -0.491 e. The highest BCUT2D eigenvalue weighted by atomic mass is 79.9. The number of benzene rings is 1. The molecule has 0 aliphatic heterocycles. The average Bonchev–Trinajstić information content (AvgIpc) is 2.30. The van der Waals surface area contributed by atoms with E-state index >= 15 is 0 Å². The molecule has 1 aromatic rings. The van der Waals surface area contributed by atoms with Gasteiger partial charge in [0.2, 0.25) is 0 Å². The maximum Gasteiger partial charge on any atom is 0.165 e. The van der Waals surface area contributed by atoms with Crippen molar-refractivity contribution in [3.8, 4) is 11.8 Å². The lowest BCUT2D eigenvalue weighted by molar-refractivity contribution is 0.292. The third-order valence-corrected chi connectivity index (χ3v) is 2.74. The molecule has 0 heterocycles. The normalized spacial score (nSPS) is 9.81. The number of hydrogen-bond acceptors (Lipinski definition) is 2. The standard InChI is InChI=1S/C12H13BrFNO/c13-9-10-4-5-12(11(14)8-10)16-7-3-1-2-6-15/h4-5,8H,1-3,7,9H2. The maximum absolute atomic E-state index is 13.4. The van der Waals surface area contributed by atoms with Crippen LogP contribution >= 0.6 is 15.9 Å². The molecular weight excluding hydrogens is 273 g/mol. The van der Waals surface area contributed by atoms with Crippen LogP contribution in [0.5, 0.6) is 5.75 Å². The van der Waals surface area contributed by atoms with Crippen LogP contribution in [0.1, 0.15) is 24.8 Å². The molecule has 0 atom stereocenters. The Morgan fingerprint density at radius 3 is 2.81 bits per heavy atom. The van der Waals surface area contributed by atoms with Crippen molar-refractivity contribution in [2.24, 2.45) is 0 Å². The van der Waals surface area contributed by atoms with Crippen LogP contribution in [0, 0.1) is 17.1 Å². The predicted octanol–water partition coefficient (Wildman–Crippen LogP) is 3.79. The van der Waals surface area contributed by atoms with E-state index in [1.807, 2.05) is 6.07 Å². The van der Waals surface area contributed by atoms with Gasteiger partial charge in [-0.25, -0.2) is 4.39 Å². The quantitative estimate of drug-likeness (QED) is 0.588. The number of alkyl halides is 1. The third kappa shape index (κ3) is 4.19. The van der Waals surface area contributed by atoms with Crippen molar-refractivity contribution in [2.75, 3.05) is 6.61 Å². The summed E-state index contributed by atoms with van der Waals surface area (Å²) in [7, 11) is 0. The van der Waals surface area contributed by atoms with Gasteiger partial charge in [0.1, 0.15) is 0 Å². The molecule has 0 aliphatic carbocycles. The molecule has 0 radical (unpaired) electrons. The number of nitrogens with zero attached hydrogens (tertiary/aromatic N) is 1. The van der Waals surface area contributed by atoms with E-state index in [1.54, 1.807) is 6.07 Å². The van der Waals surface area contributed by atoms with Gasteiger partial charge in [0.25, 0.3) is 0 Å². The first kappa shape index (κ1) is 13.0. The van der Waals surface area contributed by atoms with Crippen molar-refractivity contribution in [3.05, 3.63) is 29.6 Å². The number of unbranched alkanes of at least 4 members (excludes halogenated alkanes) is 2. The zero-order chi connectivity index (χ0) is 11.8. The minimum absolute atomic E-state index is 0.279. The topological polar surface area (TPSA) is 33.0 Å². The van der Waals surface area contributed by atoms with Gasteiger partial charge in [-0.05, 0) is 30.5 Å². The van der Waals surface area contributed by atoms with Gasteiger partial charge in [0.15, 0.2) is 11.6 Å². The van der Waals surface area contributed by atoms with Crippen LogP contribution in [0.15, 0.2) is 18.2 Å². The van der Waals surface area contributed by atoms with Gasteiger partial charge in [0.05, 0.1) is 12.7 Å². The second-order valence-electron chi connectivity index (χ2n) is 3.36. The van der Waals surface area contributed by atoms with Crippen molar-refractivity contribution in [3.63, 3.8) is 0 Å². The Bertz CT molecular complexity index is 376. The van der Waals surface area contributed by atoms with Crippen LogP contribution in [0.25, 0.3) is 0 Å². The highest BCUT2D eigenvalue weighted by Gasteiger charge is 2.03. The predicted molar refractivity (Wildman–Crippen MR) is 64.0 cm³/mol. The third-order valence-electron chi connectivity index (χ3n) is 2.09. The van der Waals surface area contributed by atoms with Gasteiger partial charge < -0.3 is 4.74 Å². The Labute approximate surface area is 103 Å². The molecule has 0 aliphatic rings. The molecule has 16 heavy (non-hydrogen) atoms. The zero-order valence-electron chi connectivity index (χ0n) is 8.88. The molecule has 0 N–H and O–H groups in total. The van der Waals surface area contributed by atoms with Gasteiger partial charge in [-0.1, -0.05) is 22.0 Å². The van der Waals surface area contributed by atoms with E-state index in [4.69, 9.17) is 10.00 Å². The average molecular weight is 286 g/mol. The molecule has 0 fully saturated rings. The molecule has 2 nitrogen and oxygen atoms in total. The number of halogens is 2. The molecule has 0 unspecified atom stereocenters. The molecule has 0 spiro atoms. The van der Waals surface area contributed by atoms with E-state index in [2.05, 4.69) is 22.0 Å². The van der Waals surface area contributed by atoms with Crippen LogP contribution in [-0.4, -0.2) is 6.61 Å². The zero-order valence-corrected chi connectivity index (χ0v) is 10.5. The highest BCUT2D eigenvalue weighted by molar-refractivity contribution is 9.08. The van der Waals surface area contributed by atoms with Crippen molar-refractivity contribution in [1.29, 1.82) is 5.26 Å². The van der Waals surface area contributed by atoms with Crippen LogP contribution in [0.4, 0.5) is 4.39 Å². The molecule has 0 amide bonds. The van der Waals surface area contributed by atoms with Crippen molar-refractivity contribution >= 4 is 15.9 Å². The van der Waals surface area contributed by atoms with Crippen LogP contribution in [0.3, 0.4) is 0 Å². The first-order valence-electron chi connectivity index (χ1n) is 5.12. The summed E-state index contributed by atoms with van der Waals surface area (Å²) in [5, 5.41) is 8.96. The van der Waals surface area contributed by atoms with Crippen molar-refractivity contribution in [2.45, 2.75) is 24.6 Å². The Hall–Kier alpha value is -1.08. The fraction of sp³-hybridized carbons (Fsp3) is 0.417. The number of ether oxygens (including phenoxy) is 1. The van der Waals surface area contributed by atoms with Crippen LogP contribution in [0.2, 0.25) is 0 Å². The fourth-order valence-electron chi connectivity index (χ4n) is 1.23. The molecule has 0 saturated heterocycles. The van der Waals surface area contributed by atoms with Gasteiger partial charge in [-0.3, -0.25) is 0 Å². The second-order valence-corrected chi connectivity index (χ2v) is 3.92. The van der Waals surface area contributed by atoms with Gasteiger partial charge in [0, 0.05) is 11.8 Å². The summed E-state index contributed by atoms with van der Waals surface area (Å²) in [4.78, 5) is 0. The lowest BCUT2D eigenvalue weighted by atomic mass is 10.2. The Balaban J connectivity index is 2.40. The lowest BCUT2D eigenvalue weighted by Crippen LogP contribution is -1.99. The van der Waals surface area contributed by atoms with Crippen LogP contribution in [-0.2, 0) is 5.33 Å². The first-order chi connectivity index (χ1) is 7.77. The monoisotopic (exact) mass is 285 g/mol. The van der Waals surface area contributed by atoms with E-state index in [-0.39, 0.29) is 11.6 Å². The SMILES string of the molecule is N#CCCCCOc1ccc(CBr)cc1F. The van der Waals surface area contributed by atoms with E-state index < -0.39 is 0 Å². The molecule has 0 bridgehead atoms. The molecular formula is C12H13BrFNO. The van der Waals surface area contributed by atoms with Gasteiger partial charge in [-0.2, -0.15) is 5.26 Å². The van der Waals surface area contributed by atoms with E-state index in [1.165, 1.54) is 6.07 Å². The minimum atomic E-state index is -0.336.